The largest absolute Gasteiger partial charge is 0.453 e. The first-order chi connectivity index (χ1) is 12.7. The van der Waals surface area contributed by atoms with Crippen LogP contribution in [0.5, 0.6) is 0 Å². The van der Waals surface area contributed by atoms with Gasteiger partial charge in [-0.1, -0.05) is 48.5 Å². The van der Waals surface area contributed by atoms with Crippen molar-refractivity contribution in [3.63, 3.8) is 0 Å². The fourth-order valence-corrected chi connectivity index (χ4v) is 3.69. The van der Waals surface area contributed by atoms with Crippen LogP contribution in [0.3, 0.4) is 0 Å². The lowest BCUT2D eigenvalue weighted by Gasteiger charge is -2.38. The van der Waals surface area contributed by atoms with Gasteiger partial charge in [0, 0.05) is 5.92 Å². The van der Waals surface area contributed by atoms with Gasteiger partial charge in [-0.05, 0) is 24.1 Å². The molecule has 5 atom stereocenters. The van der Waals surface area contributed by atoms with E-state index in [9.17, 15) is 9.90 Å². The average molecular weight is 354 g/mol. The summed E-state index contributed by atoms with van der Waals surface area (Å²) in [6.45, 7) is 0.817. The number of fused-ring (bicyclic) bond motifs is 2. The van der Waals surface area contributed by atoms with Gasteiger partial charge < -0.3 is 19.3 Å². The molecule has 1 heterocycles. The molecule has 5 nitrogen and oxygen atoms in total. The van der Waals surface area contributed by atoms with Crippen LogP contribution in [0.15, 0.2) is 60.7 Å². The maximum Gasteiger partial charge on any atom is 0.338 e. The lowest BCUT2D eigenvalue weighted by atomic mass is 9.83. The number of hydrogen-bond donors (Lipinski definition) is 1. The maximum absolute atomic E-state index is 12.5. The molecule has 2 bridgehead atoms. The first-order valence-corrected chi connectivity index (χ1v) is 8.93. The minimum atomic E-state index is -0.717. The highest BCUT2D eigenvalue weighted by molar-refractivity contribution is 5.89. The first-order valence-electron chi connectivity index (χ1n) is 8.93. The van der Waals surface area contributed by atoms with E-state index in [-0.39, 0.29) is 12.0 Å². The fraction of sp³-hybridized carbons (Fsp3) is 0.381. The van der Waals surface area contributed by atoms with Gasteiger partial charge in [0.2, 0.25) is 0 Å². The van der Waals surface area contributed by atoms with E-state index < -0.39 is 24.3 Å². The van der Waals surface area contributed by atoms with Crippen molar-refractivity contribution in [3.8, 4) is 0 Å². The monoisotopic (exact) mass is 354 g/mol. The topological polar surface area (TPSA) is 65.0 Å². The van der Waals surface area contributed by atoms with Crippen LogP contribution in [0.1, 0.15) is 22.3 Å². The minimum absolute atomic E-state index is 0.0208. The Morgan fingerprint density at radius 3 is 2.46 bits per heavy atom. The molecule has 2 fully saturated rings. The Hall–Kier alpha value is -2.21. The second-order valence-electron chi connectivity index (χ2n) is 6.86. The summed E-state index contributed by atoms with van der Waals surface area (Å²) < 4.78 is 17.5. The van der Waals surface area contributed by atoms with E-state index in [0.29, 0.717) is 25.2 Å². The van der Waals surface area contributed by atoms with Gasteiger partial charge in [0.05, 0.1) is 31.0 Å². The van der Waals surface area contributed by atoms with E-state index in [1.807, 2.05) is 36.4 Å². The maximum atomic E-state index is 12.5. The number of aliphatic hydroxyl groups excluding tert-OH is 1. The molecular weight excluding hydrogens is 332 g/mol. The number of carbonyl (C=O) groups is 1. The quantitative estimate of drug-likeness (QED) is 0.836. The summed E-state index contributed by atoms with van der Waals surface area (Å²) in [5.74, 6) is -0.405. The van der Waals surface area contributed by atoms with Crippen LogP contribution in [0.2, 0.25) is 0 Å². The SMILES string of the molecule is O=C(O[C@H]1C2CC(CO2)C(O)[C@@H]1OCc1ccccc1)c1ccccc1. The second-order valence-corrected chi connectivity index (χ2v) is 6.86. The molecule has 1 saturated carbocycles. The molecule has 2 aromatic rings. The van der Waals surface area contributed by atoms with Crippen molar-refractivity contribution in [1.29, 1.82) is 0 Å². The summed E-state index contributed by atoms with van der Waals surface area (Å²) in [6.07, 6.45) is -1.50. The number of hydrogen-bond acceptors (Lipinski definition) is 5. The zero-order valence-corrected chi connectivity index (χ0v) is 14.4. The van der Waals surface area contributed by atoms with Crippen molar-refractivity contribution in [2.45, 2.75) is 37.4 Å². The number of rotatable bonds is 5. The Balaban J connectivity index is 1.50. The highest BCUT2D eigenvalue weighted by Crippen LogP contribution is 2.37. The molecule has 3 unspecified atom stereocenters. The summed E-state index contributed by atoms with van der Waals surface area (Å²) >= 11 is 0. The molecule has 4 rings (SSSR count). The van der Waals surface area contributed by atoms with Gasteiger partial charge in [0.25, 0.3) is 0 Å². The van der Waals surface area contributed by atoms with Crippen molar-refractivity contribution in [1.82, 2.24) is 0 Å². The fourth-order valence-electron chi connectivity index (χ4n) is 3.69. The van der Waals surface area contributed by atoms with Crippen molar-refractivity contribution < 1.29 is 24.1 Å². The highest BCUT2D eigenvalue weighted by Gasteiger charge is 2.51. The molecule has 1 N–H and O–H groups in total. The zero-order chi connectivity index (χ0) is 17.9. The predicted octanol–water partition coefficient (Wildman–Crippen LogP) is 2.58. The number of carbonyl (C=O) groups excluding carboxylic acids is 1. The molecule has 0 amide bonds. The summed E-state index contributed by atoms with van der Waals surface area (Å²) in [6, 6.07) is 18.6. The van der Waals surface area contributed by atoms with Crippen LogP contribution in [0.25, 0.3) is 0 Å². The molecule has 5 heteroatoms. The number of ether oxygens (including phenoxy) is 3. The Morgan fingerprint density at radius 1 is 1.04 bits per heavy atom. The van der Waals surface area contributed by atoms with Gasteiger partial charge in [-0.25, -0.2) is 4.79 Å². The Labute approximate surface area is 152 Å². The van der Waals surface area contributed by atoms with Gasteiger partial charge in [-0.3, -0.25) is 0 Å². The standard InChI is InChI=1S/C21H22O5/c22-18-16-11-17(24-13-16)19(26-21(23)15-9-5-2-6-10-15)20(18)25-12-14-7-3-1-4-8-14/h1-10,16-20,22H,11-13H2/t16?,17?,18?,19-,20-/m0/s1. The lowest BCUT2D eigenvalue weighted by molar-refractivity contribution is -0.155. The summed E-state index contributed by atoms with van der Waals surface area (Å²) in [7, 11) is 0. The van der Waals surface area contributed by atoms with Crippen LogP contribution in [0, 0.1) is 5.92 Å². The number of aliphatic hydroxyl groups is 1. The summed E-state index contributed by atoms with van der Waals surface area (Å²) in [5.41, 5.74) is 1.48. The normalized spacial score (nSPS) is 30.1. The van der Waals surface area contributed by atoms with E-state index in [1.54, 1.807) is 24.3 Å². The first kappa shape index (κ1) is 17.2. The molecule has 26 heavy (non-hydrogen) atoms. The number of benzene rings is 2. The van der Waals surface area contributed by atoms with Crippen LogP contribution >= 0.6 is 0 Å². The second kappa shape index (κ2) is 7.58. The smallest absolute Gasteiger partial charge is 0.338 e. The Kier molecular flexibility index (Phi) is 5.02. The van der Waals surface area contributed by atoms with Crippen molar-refractivity contribution >= 4 is 5.97 Å². The van der Waals surface area contributed by atoms with Gasteiger partial charge >= 0.3 is 5.97 Å². The summed E-state index contributed by atoms with van der Waals surface area (Å²) in [4.78, 5) is 12.5. The predicted molar refractivity (Wildman–Crippen MR) is 94.5 cm³/mol. The van der Waals surface area contributed by atoms with Crippen LogP contribution in [-0.4, -0.2) is 42.1 Å². The average Bonchev–Trinajstić information content (AvgIpc) is 3.14. The minimum Gasteiger partial charge on any atom is -0.453 e. The van der Waals surface area contributed by atoms with Crippen molar-refractivity contribution in [3.05, 3.63) is 71.8 Å². The van der Waals surface area contributed by atoms with Crippen molar-refractivity contribution in [2.75, 3.05) is 6.61 Å². The Morgan fingerprint density at radius 2 is 1.73 bits per heavy atom. The lowest BCUT2D eigenvalue weighted by Crippen LogP contribution is -2.53. The third kappa shape index (κ3) is 3.51. The van der Waals surface area contributed by atoms with Crippen molar-refractivity contribution in [2.24, 2.45) is 5.92 Å². The highest BCUT2D eigenvalue weighted by atomic mass is 16.6. The van der Waals surface area contributed by atoms with E-state index in [4.69, 9.17) is 14.2 Å². The van der Waals surface area contributed by atoms with Crippen LogP contribution in [-0.2, 0) is 20.8 Å². The van der Waals surface area contributed by atoms with Crippen LogP contribution in [0.4, 0.5) is 0 Å². The van der Waals surface area contributed by atoms with E-state index in [0.717, 1.165) is 5.56 Å². The molecule has 0 radical (unpaired) electrons. The molecule has 0 aromatic heterocycles. The molecule has 1 aliphatic heterocycles. The van der Waals surface area contributed by atoms with Gasteiger partial charge in [0.1, 0.15) is 6.10 Å². The summed E-state index contributed by atoms with van der Waals surface area (Å²) in [5, 5.41) is 10.7. The molecule has 0 spiro atoms. The van der Waals surface area contributed by atoms with E-state index >= 15 is 0 Å². The van der Waals surface area contributed by atoms with Gasteiger partial charge in [-0.15, -0.1) is 0 Å². The molecule has 2 aliphatic rings. The molecule has 2 aromatic carbocycles. The number of esters is 1. The van der Waals surface area contributed by atoms with E-state index in [2.05, 4.69) is 0 Å². The third-order valence-electron chi connectivity index (χ3n) is 5.11. The third-order valence-corrected chi connectivity index (χ3v) is 5.11. The molecular formula is C21H22O5. The molecule has 1 aliphatic carbocycles. The zero-order valence-electron chi connectivity index (χ0n) is 14.4. The molecule has 1 saturated heterocycles. The van der Waals surface area contributed by atoms with Crippen LogP contribution < -0.4 is 0 Å². The van der Waals surface area contributed by atoms with Gasteiger partial charge in [0.15, 0.2) is 6.10 Å². The Bertz CT molecular complexity index is 733. The van der Waals surface area contributed by atoms with Gasteiger partial charge in [-0.2, -0.15) is 0 Å². The van der Waals surface area contributed by atoms with E-state index in [1.165, 1.54) is 0 Å². The molecule has 136 valence electrons.